The lowest BCUT2D eigenvalue weighted by atomic mass is 10.1. The number of primary sulfonamides is 1. The Balaban J connectivity index is 2.15. The highest BCUT2D eigenvalue weighted by Crippen LogP contribution is 2.09. The third-order valence-corrected chi connectivity index (χ3v) is 5.02. The van der Waals surface area contributed by atoms with Crippen LogP contribution < -0.4 is 15.8 Å². The highest BCUT2D eigenvalue weighted by Gasteiger charge is 2.15. The minimum absolute atomic E-state index is 0.0617. The smallest absolute Gasteiger partial charge is 0.407 e. The van der Waals surface area contributed by atoms with Crippen molar-refractivity contribution in [2.24, 2.45) is 5.14 Å². The summed E-state index contributed by atoms with van der Waals surface area (Å²) in [5, 5.41) is 10.5. The molecule has 152 valence electrons. The van der Waals surface area contributed by atoms with E-state index in [9.17, 15) is 18.0 Å². The van der Waals surface area contributed by atoms with Crippen LogP contribution in [0, 0.1) is 0 Å². The van der Waals surface area contributed by atoms with Crippen molar-refractivity contribution in [3.8, 4) is 0 Å². The molecule has 2 amide bonds. The van der Waals surface area contributed by atoms with E-state index in [1.165, 1.54) is 23.9 Å². The second-order valence-corrected chi connectivity index (χ2v) is 9.44. The van der Waals surface area contributed by atoms with E-state index in [4.69, 9.17) is 9.88 Å². The molecular weight excluding hydrogens is 390 g/mol. The molecule has 0 saturated carbocycles. The first kappa shape index (κ1) is 23.3. The Morgan fingerprint density at radius 2 is 1.74 bits per heavy atom. The van der Waals surface area contributed by atoms with Crippen molar-refractivity contribution < 1.29 is 22.7 Å². The lowest BCUT2D eigenvalue weighted by Gasteiger charge is -2.19. The summed E-state index contributed by atoms with van der Waals surface area (Å²) >= 11 is 1.41. The minimum Gasteiger partial charge on any atom is -0.444 e. The van der Waals surface area contributed by atoms with Crippen molar-refractivity contribution in [2.45, 2.75) is 37.7 Å². The molecule has 1 aromatic rings. The van der Waals surface area contributed by atoms with Gasteiger partial charge in [0.25, 0.3) is 0 Å². The predicted molar refractivity (Wildman–Crippen MR) is 106 cm³/mol. The number of ether oxygens (including phenoxy) is 1. The van der Waals surface area contributed by atoms with E-state index in [0.29, 0.717) is 31.0 Å². The number of sulfonamides is 1. The summed E-state index contributed by atoms with van der Waals surface area (Å²) in [5.74, 6) is 0.792. The van der Waals surface area contributed by atoms with Crippen molar-refractivity contribution in [3.63, 3.8) is 0 Å². The SMILES string of the molecule is CC(C)(C)OC(=O)NCCSCC(=O)NCCc1ccc(S(N)(=O)=O)cc1. The molecule has 10 heteroatoms. The number of benzene rings is 1. The molecule has 8 nitrogen and oxygen atoms in total. The third-order valence-electron chi connectivity index (χ3n) is 3.14. The molecule has 1 rings (SSSR count). The zero-order chi connectivity index (χ0) is 20.5. The Bertz CT molecular complexity index is 728. The van der Waals surface area contributed by atoms with Gasteiger partial charge in [-0.3, -0.25) is 4.79 Å². The number of hydrogen-bond donors (Lipinski definition) is 3. The molecule has 0 saturated heterocycles. The van der Waals surface area contributed by atoms with Crippen LogP contribution in [0.4, 0.5) is 4.79 Å². The summed E-state index contributed by atoms with van der Waals surface area (Å²) in [6.45, 7) is 6.24. The van der Waals surface area contributed by atoms with Gasteiger partial charge in [-0.25, -0.2) is 18.4 Å². The molecule has 0 unspecified atom stereocenters. The molecule has 0 heterocycles. The highest BCUT2D eigenvalue weighted by atomic mass is 32.2. The van der Waals surface area contributed by atoms with Crippen LogP contribution in [-0.4, -0.2) is 50.6 Å². The molecular formula is C17H27N3O5S2. The summed E-state index contributed by atoms with van der Waals surface area (Å²) in [5.41, 5.74) is 0.368. The third kappa shape index (κ3) is 10.8. The molecule has 0 bridgehead atoms. The van der Waals surface area contributed by atoms with Gasteiger partial charge in [0.05, 0.1) is 10.6 Å². The topological polar surface area (TPSA) is 128 Å². The Morgan fingerprint density at radius 1 is 1.11 bits per heavy atom. The average Bonchev–Trinajstić information content (AvgIpc) is 2.52. The van der Waals surface area contributed by atoms with E-state index in [1.54, 1.807) is 32.9 Å². The van der Waals surface area contributed by atoms with E-state index in [-0.39, 0.29) is 10.8 Å². The van der Waals surface area contributed by atoms with Gasteiger partial charge in [-0.05, 0) is 44.9 Å². The Kier molecular flexibility index (Phi) is 9.07. The number of hydrogen-bond acceptors (Lipinski definition) is 6. The number of carbonyl (C=O) groups excluding carboxylic acids is 2. The highest BCUT2D eigenvalue weighted by molar-refractivity contribution is 7.99. The van der Waals surface area contributed by atoms with Crippen molar-refractivity contribution >= 4 is 33.8 Å². The zero-order valence-corrected chi connectivity index (χ0v) is 17.4. The maximum Gasteiger partial charge on any atom is 0.407 e. The van der Waals surface area contributed by atoms with E-state index in [2.05, 4.69) is 10.6 Å². The second-order valence-electron chi connectivity index (χ2n) is 6.77. The number of carbonyl (C=O) groups is 2. The summed E-state index contributed by atoms with van der Waals surface area (Å²) in [6.07, 6.45) is 0.114. The van der Waals surface area contributed by atoms with Gasteiger partial charge in [-0.2, -0.15) is 11.8 Å². The number of nitrogens with one attached hydrogen (secondary N) is 2. The number of nitrogens with two attached hydrogens (primary N) is 1. The zero-order valence-electron chi connectivity index (χ0n) is 15.8. The Labute approximate surface area is 164 Å². The predicted octanol–water partition coefficient (Wildman–Crippen LogP) is 1.25. The second kappa shape index (κ2) is 10.5. The van der Waals surface area contributed by atoms with Crippen molar-refractivity contribution in [2.75, 3.05) is 24.6 Å². The van der Waals surface area contributed by atoms with Gasteiger partial charge in [0.2, 0.25) is 15.9 Å². The fourth-order valence-corrected chi connectivity index (χ4v) is 3.14. The number of rotatable bonds is 9. The van der Waals surface area contributed by atoms with Crippen molar-refractivity contribution in [1.29, 1.82) is 0 Å². The first-order valence-corrected chi connectivity index (χ1v) is 11.1. The molecule has 0 radical (unpaired) electrons. The van der Waals surface area contributed by atoms with Gasteiger partial charge >= 0.3 is 6.09 Å². The van der Waals surface area contributed by atoms with E-state index >= 15 is 0 Å². The largest absolute Gasteiger partial charge is 0.444 e. The summed E-state index contributed by atoms with van der Waals surface area (Å²) in [7, 11) is -3.69. The van der Waals surface area contributed by atoms with Crippen LogP contribution in [0.5, 0.6) is 0 Å². The van der Waals surface area contributed by atoms with Gasteiger partial charge in [0.1, 0.15) is 5.60 Å². The van der Waals surface area contributed by atoms with Crippen LogP contribution >= 0.6 is 11.8 Å². The summed E-state index contributed by atoms with van der Waals surface area (Å²) in [4.78, 5) is 23.3. The molecule has 0 aliphatic carbocycles. The summed E-state index contributed by atoms with van der Waals surface area (Å²) < 4.78 is 27.5. The fraction of sp³-hybridized carbons (Fsp3) is 0.529. The molecule has 0 aliphatic rings. The number of amides is 2. The molecule has 4 N–H and O–H groups in total. The van der Waals surface area contributed by atoms with Crippen molar-refractivity contribution in [1.82, 2.24) is 10.6 Å². The Morgan fingerprint density at radius 3 is 2.30 bits per heavy atom. The lowest BCUT2D eigenvalue weighted by Crippen LogP contribution is -2.34. The minimum atomic E-state index is -3.69. The average molecular weight is 418 g/mol. The van der Waals surface area contributed by atoms with Gasteiger partial charge in [0.15, 0.2) is 0 Å². The van der Waals surface area contributed by atoms with Gasteiger partial charge in [-0.1, -0.05) is 12.1 Å². The van der Waals surface area contributed by atoms with Crippen LogP contribution in [0.25, 0.3) is 0 Å². The van der Waals surface area contributed by atoms with Crippen LogP contribution in [-0.2, 0) is 26.0 Å². The normalized spacial score (nSPS) is 11.7. The summed E-state index contributed by atoms with van der Waals surface area (Å²) in [6, 6.07) is 6.23. The molecule has 0 aromatic heterocycles. The van der Waals surface area contributed by atoms with E-state index in [1.807, 2.05) is 0 Å². The molecule has 0 atom stereocenters. The first-order chi connectivity index (χ1) is 12.5. The first-order valence-electron chi connectivity index (χ1n) is 8.40. The molecule has 1 aromatic carbocycles. The number of thioether (sulfide) groups is 1. The van der Waals surface area contributed by atoms with E-state index in [0.717, 1.165) is 5.56 Å². The molecule has 0 spiro atoms. The van der Waals surface area contributed by atoms with Crippen LogP contribution in [0.2, 0.25) is 0 Å². The maximum absolute atomic E-state index is 11.8. The van der Waals surface area contributed by atoms with Gasteiger partial charge < -0.3 is 15.4 Å². The molecule has 0 aliphatic heterocycles. The van der Waals surface area contributed by atoms with Gasteiger partial charge in [-0.15, -0.1) is 0 Å². The van der Waals surface area contributed by atoms with Crippen LogP contribution in [0.3, 0.4) is 0 Å². The van der Waals surface area contributed by atoms with Gasteiger partial charge in [0, 0.05) is 18.8 Å². The van der Waals surface area contributed by atoms with E-state index < -0.39 is 21.7 Å². The van der Waals surface area contributed by atoms with Crippen LogP contribution in [0.15, 0.2) is 29.2 Å². The maximum atomic E-state index is 11.8. The Hall–Kier alpha value is -1.78. The molecule has 27 heavy (non-hydrogen) atoms. The number of alkyl carbamates (subject to hydrolysis) is 1. The fourth-order valence-electron chi connectivity index (χ4n) is 1.95. The monoisotopic (exact) mass is 417 g/mol. The van der Waals surface area contributed by atoms with Crippen LogP contribution in [0.1, 0.15) is 26.3 Å². The van der Waals surface area contributed by atoms with Crippen molar-refractivity contribution in [3.05, 3.63) is 29.8 Å². The lowest BCUT2D eigenvalue weighted by molar-refractivity contribution is -0.118. The standard InChI is InChI=1S/C17H27N3O5S2/c1-17(2,3)25-16(22)20-10-11-26-12-15(21)19-9-8-13-4-6-14(7-5-13)27(18,23)24/h4-7H,8-12H2,1-3H3,(H,19,21)(H,20,22)(H2,18,23,24). The molecule has 0 fully saturated rings. The quantitative estimate of drug-likeness (QED) is 0.519.